The maximum absolute atomic E-state index is 13.1. The zero-order valence-electron chi connectivity index (χ0n) is 17.1. The fraction of sp³-hybridized carbons (Fsp3) is 0.280. The van der Waals surface area contributed by atoms with Crippen molar-refractivity contribution in [3.8, 4) is 5.75 Å². The molecule has 154 valence electrons. The standard InChI is InChI=1S/C25H26N2O3/c1-30-23-12-5-3-8-20(23)17-26-24(28)19-13-15-27(16-14-19)25(29)22-11-6-9-18-7-2-4-10-21(18)22/h2-12,19H,13-17H2,1H3,(H,26,28). The summed E-state index contributed by atoms with van der Waals surface area (Å²) in [4.78, 5) is 27.6. The predicted octanol–water partition coefficient (Wildman–Crippen LogP) is 4.02. The zero-order chi connectivity index (χ0) is 20.9. The van der Waals surface area contributed by atoms with Crippen LogP contribution in [0.25, 0.3) is 10.8 Å². The minimum atomic E-state index is -0.0729. The lowest BCUT2D eigenvalue weighted by atomic mass is 9.94. The molecule has 1 aliphatic rings. The van der Waals surface area contributed by atoms with E-state index in [1.54, 1.807) is 7.11 Å². The van der Waals surface area contributed by atoms with E-state index in [-0.39, 0.29) is 17.7 Å². The van der Waals surface area contributed by atoms with Crippen molar-refractivity contribution in [1.29, 1.82) is 0 Å². The summed E-state index contributed by atoms with van der Waals surface area (Å²) in [6.45, 7) is 1.63. The summed E-state index contributed by atoms with van der Waals surface area (Å²) < 4.78 is 5.34. The first-order chi connectivity index (χ1) is 14.7. The van der Waals surface area contributed by atoms with Gasteiger partial charge in [-0.1, -0.05) is 54.6 Å². The van der Waals surface area contributed by atoms with Gasteiger partial charge in [0.15, 0.2) is 0 Å². The largest absolute Gasteiger partial charge is 0.496 e. The second-order valence-corrected chi connectivity index (χ2v) is 7.62. The molecular formula is C25H26N2O3. The van der Waals surface area contributed by atoms with Gasteiger partial charge in [-0.15, -0.1) is 0 Å². The minimum Gasteiger partial charge on any atom is -0.496 e. The summed E-state index contributed by atoms with van der Waals surface area (Å²) in [7, 11) is 1.63. The summed E-state index contributed by atoms with van der Waals surface area (Å²) in [5.41, 5.74) is 1.68. The fourth-order valence-electron chi connectivity index (χ4n) is 4.10. The molecule has 1 fully saturated rings. The van der Waals surface area contributed by atoms with Crippen LogP contribution >= 0.6 is 0 Å². The molecule has 1 heterocycles. The van der Waals surface area contributed by atoms with Crippen molar-refractivity contribution in [2.45, 2.75) is 19.4 Å². The molecule has 0 radical (unpaired) electrons. The fourth-order valence-corrected chi connectivity index (χ4v) is 4.10. The quantitative estimate of drug-likeness (QED) is 0.701. The Morgan fingerprint density at radius 2 is 1.67 bits per heavy atom. The molecule has 30 heavy (non-hydrogen) atoms. The predicted molar refractivity (Wildman–Crippen MR) is 117 cm³/mol. The molecule has 1 saturated heterocycles. The summed E-state index contributed by atoms with van der Waals surface area (Å²) in [6, 6.07) is 21.4. The number of methoxy groups -OCH3 is 1. The average molecular weight is 402 g/mol. The van der Waals surface area contributed by atoms with Gasteiger partial charge in [-0.2, -0.15) is 0 Å². The van der Waals surface area contributed by atoms with Crippen molar-refractivity contribution >= 4 is 22.6 Å². The molecule has 0 aliphatic carbocycles. The molecule has 4 rings (SSSR count). The Kier molecular flexibility index (Phi) is 5.98. The van der Waals surface area contributed by atoms with Crippen LogP contribution in [0.4, 0.5) is 0 Å². The number of carbonyl (C=O) groups is 2. The van der Waals surface area contributed by atoms with Crippen LogP contribution in [0.3, 0.4) is 0 Å². The monoisotopic (exact) mass is 402 g/mol. The lowest BCUT2D eigenvalue weighted by Crippen LogP contribution is -2.43. The molecular weight excluding hydrogens is 376 g/mol. The molecule has 0 bridgehead atoms. The van der Waals surface area contributed by atoms with E-state index in [2.05, 4.69) is 5.32 Å². The van der Waals surface area contributed by atoms with Crippen molar-refractivity contribution in [3.05, 3.63) is 77.9 Å². The molecule has 0 aromatic heterocycles. The van der Waals surface area contributed by atoms with E-state index in [1.807, 2.05) is 71.6 Å². The first-order valence-electron chi connectivity index (χ1n) is 10.3. The smallest absolute Gasteiger partial charge is 0.254 e. The van der Waals surface area contributed by atoms with Gasteiger partial charge in [0.05, 0.1) is 7.11 Å². The number of likely N-dealkylation sites (tertiary alicyclic amines) is 1. The van der Waals surface area contributed by atoms with Gasteiger partial charge in [0.2, 0.25) is 5.91 Å². The number of nitrogens with zero attached hydrogens (tertiary/aromatic N) is 1. The van der Waals surface area contributed by atoms with Crippen LogP contribution in [0.2, 0.25) is 0 Å². The second-order valence-electron chi connectivity index (χ2n) is 7.62. The van der Waals surface area contributed by atoms with E-state index in [0.29, 0.717) is 32.5 Å². The number of nitrogens with one attached hydrogen (secondary N) is 1. The Morgan fingerprint density at radius 1 is 0.967 bits per heavy atom. The minimum absolute atomic E-state index is 0.0400. The van der Waals surface area contributed by atoms with Crippen molar-refractivity contribution in [1.82, 2.24) is 10.2 Å². The Labute approximate surface area is 176 Å². The van der Waals surface area contributed by atoms with Crippen LogP contribution in [0.1, 0.15) is 28.8 Å². The van der Waals surface area contributed by atoms with Gasteiger partial charge in [-0.3, -0.25) is 9.59 Å². The summed E-state index contributed by atoms with van der Waals surface area (Å²) in [6.07, 6.45) is 1.35. The molecule has 3 aromatic rings. The highest BCUT2D eigenvalue weighted by Crippen LogP contribution is 2.24. The number of benzene rings is 3. The molecule has 1 N–H and O–H groups in total. The van der Waals surface area contributed by atoms with E-state index in [9.17, 15) is 9.59 Å². The van der Waals surface area contributed by atoms with E-state index in [0.717, 1.165) is 27.6 Å². The van der Waals surface area contributed by atoms with Crippen LogP contribution in [0.15, 0.2) is 66.7 Å². The number of hydrogen-bond acceptors (Lipinski definition) is 3. The number of hydrogen-bond donors (Lipinski definition) is 1. The van der Waals surface area contributed by atoms with Gasteiger partial charge < -0.3 is 15.0 Å². The number of fused-ring (bicyclic) bond motifs is 1. The normalized spacial score (nSPS) is 14.5. The van der Waals surface area contributed by atoms with Gasteiger partial charge in [-0.25, -0.2) is 0 Å². The molecule has 2 amide bonds. The van der Waals surface area contributed by atoms with Crippen LogP contribution in [-0.2, 0) is 11.3 Å². The van der Waals surface area contributed by atoms with Gasteiger partial charge in [0, 0.05) is 36.7 Å². The number of para-hydroxylation sites is 1. The molecule has 1 aliphatic heterocycles. The van der Waals surface area contributed by atoms with Gasteiger partial charge in [0.1, 0.15) is 5.75 Å². The highest BCUT2D eigenvalue weighted by molar-refractivity contribution is 6.07. The lowest BCUT2D eigenvalue weighted by molar-refractivity contribution is -0.126. The SMILES string of the molecule is COc1ccccc1CNC(=O)C1CCN(C(=O)c2cccc3ccccc23)CC1. The number of carbonyl (C=O) groups excluding carboxylic acids is 2. The van der Waals surface area contributed by atoms with Gasteiger partial charge >= 0.3 is 0 Å². The second kappa shape index (κ2) is 8.99. The Hall–Kier alpha value is -3.34. The van der Waals surface area contributed by atoms with Crippen molar-refractivity contribution < 1.29 is 14.3 Å². The third-order valence-electron chi connectivity index (χ3n) is 5.82. The maximum atomic E-state index is 13.1. The Morgan fingerprint density at radius 3 is 2.47 bits per heavy atom. The number of rotatable bonds is 5. The zero-order valence-corrected chi connectivity index (χ0v) is 17.1. The van der Waals surface area contributed by atoms with E-state index >= 15 is 0 Å². The first kappa shape index (κ1) is 20.0. The molecule has 0 spiro atoms. The lowest BCUT2D eigenvalue weighted by Gasteiger charge is -2.31. The highest BCUT2D eigenvalue weighted by atomic mass is 16.5. The molecule has 5 heteroatoms. The van der Waals surface area contributed by atoms with Crippen molar-refractivity contribution in [3.63, 3.8) is 0 Å². The van der Waals surface area contributed by atoms with E-state index in [1.165, 1.54) is 0 Å². The Bertz CT molecular complexity index is 1050. The van der Waals surface area contributed by atoms with Gasteiger partial charge in [0.25, 0.3) is 5.91 Å². The van der Waals surface area contributed by atoms with Crippen LogP contribution in [0.5, 0.6) is 5.75 Å². The first-order valence-corrected chi connectivity index (χ1v) is 10.3. The topological polar surface area (TPSA) is 58.6 Å². The van der Waals surface area contributed by atoms with Crippen LogP contribution in [0, 0.1) is 5.92 Å². The van der Waals surface area contributed by atoms with Crippen molar-refractivity contribution in [2.75, 3.05) is 20.2 Å². The van der Waals surface area contributed by atoms with Crippen LogP contribution < -0.4 is 10.1 Å². The molecule has 0 saturated carbocycles. The van der Waals surface area contributed by atoms with Crippen LogP contribution in [-0.4, -0.2) is 36.9 Å². The summed E-state index contributed by atoms with van der Waals surface area (Å²) >= 11 is 0. The van der Waals surface area contributed by atoms with Crippen molar-refractivity contribution in [2.24, 2.45) is 5.92 Å². The summed E-state index contributed by atoms with van der Waals surface area (Å²) in [5, 5.41) is 5.06. The molecule has 0 unspecified atom stereocenters. The summed E-state index contributed by atoms with van der Waals surface area (Å²) in [5.74, 6) is 0.780. The number of amides is 2. The Balaban J connectivity index is 1.35. The maximum Gasteiger partial charge on any atom is 0.254 e. The third-order valence-corrected chi connectivity index (χ3v) is 5.82. The number of piperidine rings is 1. The van der Waals surface area contributed by atoms with Gasteiger partial charge in [-0.05, 0) is 35.7 Å². The highest BCUT2D eigenvalue weighted by Gasteiger charge is 2.28. The average Bonchev–Trinajstić information content (AvgIpc) is 2.82. The third kappa shape index (κ3) is 4.15. The van der Waals surface area contributed by atoms with E-state index < -0.39 is 0 Å². The molecule has 0 atom stereocenters. The van der Waals surface area contributed by atoms with E-state index in [4.69, 9.17) is 4.74 Å². The number of ether oxygens (including phenoxy) is 1. The molecule has 5 nitrogen and oxygen atoms in total. The molecule has 3 aromatic carbocycles.